The van der Waals surface area contributed by atoms with Crippen molar-refractivity contribution in [3.8, 4) is 5.75 Å². The predicted octanol–water partition coefficient (Wildman–Crippen LogP) is 5.55. The summed E-state index contributed by atoms with van der Waals surface area (Å²) in [6.45, 7) is 8.24. The Bertz CT molecular complexity index is 2050. The van der Waals surface area contributed by atoms with E-state index in [4.69, 9.17) is 14.2 Å². The number of urea groups is 1. The molecule has 3 aliphatic rings. The second-order valence-electron chi connectivity index (χ2n) is 14.6. The van der Waals surface area contributed by atoms with Crippen LogP contribution in [0, 0.1) is 17.6 Å². The fourth-order valence-corrected chi connectivity index (χ4v) is 7.58. The number of benzene rings is 4. The van der Waals surface area contributed by atoms with Gasteiger partial charge in [-0.05, 0) is 72.1 Å². The summed E-state index contributed by atoms with van der Waals surface area (Å²) in [4.78, 5) is 23.4. The standard InChI is InChI=1S/C42H46F2N8O4/c1-30(22-45-23-31-5-3-2-4-6-31)40-24-52(41(53)48-40)35-10-8-33(9-11-35)49-17-19-50(20-18-49)34-12-14-36(15-13-34)54-25-37-26-55-42(56-37,27-51-29-46-28-47-51)38-16-7-32(43)21-39(38)44/h2-16,21,28-30,37,40,45H,17-20,22-27H2,1H3,(H,48,53). The second kappa shape index (κ2) is 16.7. The van der Waals surface area contributed by atoms with Crippen LogP contribution in [0.3, 0.4) is 0 Å². The SMILES string of the molecule is CC(CNCc1ccccc1)C1CN(c2ccc(N3CCN(c4ccc(OCC5COC(Cn6cncn6)(c6ccc(F)cc6F)O5)cc4)CC3)cc2)C(=O)N1. The summed E-state index contributed by atoms with van der Waals surface area (Å²) in [5.41, 5.74) is 4.47. The highest BCUT2D eigenvalue weighted by atomic mass is 19.1. The van der Waals surface area contributed by atoms with Crippen molar-refractivity contribution in [1.29, 1.82) is 0 Å². The van der Waals surface area contributed by atoms with Crippen molar-refractivity contribution in [2.75, 3.05) is 67.2 Å². The van der Waals surface area contributed by atoms with Gasteiger partial charge in [-0.25, -0.2) is 23.2 Å². The summed E-state index contributed by atoms with van der Waals surface area (Å²) < 4.78 is 48.5. The first-order valence-corrected chi connectivity index (χ1v) is 19.1. The van der Waals surface area contributed by atoms with Gasteiger partial charge in [0.2, 0.25) is 5.79 Å². The Labute approximate surface area is 325 Å². The third kappa shape index (κ3) is 8.47. The number of anilines is 3. The molecule has 292 valence electrons. The Hall–Kier alpha value is -5.57. The van der Waals surface area contributed by atoms with Crippen LogP contribution in [-0.2, 0) is 28.4 Å². The second-order valence-corrected chi connectivity index (χ2v) is 14.6. The lowest BCUT2D eigenvalue weighted by atomic mass is 10.0. The number of nitrogens with zero attached hydrogens (tertiary/aromatic N) is 6. The van der Waals surface area contributed by atoms with Gasteiger partial charge >= 0.3 is 6.03 Å². The van der Waals surface area contributed by atoms with Crippen molar-refractivity contribution < 1.29 is 27.8 Å². The van der Waals surface area contributed by atoms with Gasteiger partial charge in [0, 0.05) is 74.5 Å². The van der Waals surface area contributed by atoms with Gasteiger partial charge in [-0.15, -0.1) is 0 Å². The maximum atomic E-state index is 14.9. The van der Waals surface area contributed by atoms with Crippen molar-refractivity contribution in [1.82, 2.24) is 25.4 Å². The first kappa shape index (κ1) is 37.4. The van der Waals surface area contributed by atoms with Crippen LogP contribution in [0.15, 0.2) is 110 Å². The molecular weight excluding hydrogens is 719 g/mol. The van der Waals surface area contributed by atoms with E-state index in [1.165, 1.54) is 35.0 Å². The molecule has 4 unspecified atom stereocenters. The quantitative estimate of drug-likeness (QED) is 0.151. The molecule has 4 heterocycles. The lowest BCUT2D eigenvalue weighted by molar-refractivity contribution is -0.192. The fraction of sp³-hybridized carbons (Fsp3) is 0.357. The lowest BCUT2D eigenvalue weighted by Crippen LogP contribution is -2.46. The first-order valence-electron chi connectivity index (χ1n) is 19.1. The van der Waals surface area contributed by atoms with E-state index < -0.39 is 23.5 Å². The number of amides is 2. The highest BCUT2D eigenvalue weighted by molar-refractivity contribution is 5.94. The highest BCUT2D eigenvalue weighted by Crippen LogP contribution is 2.38. The minimum atomic E-state index is -1.51. The summed E-state index contributed by atoms with van der Waals surface area (Å²) in [6, 6.07) is 29.9. The number of nitrogens with one attached hydrogen (secondary N) is 2. The normalized spacial score (nSPS) is 21.7. The molecule has 3 saturated heterocycles. The molecular formula is C42H46F2N8O4. The molecule has 3 fully saturated rings. The van der Waals surface area contributed by atoms with Gasteiger partial charge in [-0.3, -0.25) is 4.90 Å². The van der Waals surface area contributed by atoms with Crippen molar-refractivity contribution in [2.24, 2.45) is 5.92 Å². The maximum Gasteiger partial charge on any atom is 0.322 e. The van der Waals surface area contributed by atoms with Gasteiger partial charge in [0.25, 0.3) is 0 Å². The largest absolute Gasteiger partial charge is 0.491 e. The van der Waals surface area contributed by atoms with E-state index in [0.717, 1.165) is 62.4 Å². The Kier molecular flexibility index (Phi) is 11.1. The van der Waals surface area contributed by atoms with E-state index in [-0.39, 0.29) is 43.3 Å². The van der Waals surface area contributed by atoms with Crippen LogP contribution < -0.4 is 30.1 Å². The van der Waals surface area contributed by atoms with E-state index in [9.17, 15) is 13.6 Å². The van der Waals surface area contributed by atoms with Crippen molar-refractivity contribution in [2.45, 2.75) is 37.9 Å². The maximum absolute atomic E-state index is 14.9. The number of ether oxygens (including phenoxy) is 3. The molecule has 12 nitrogen and oxygen atoms in total. The molecule has 0 aliphatic carbocycles. The Balaban J connectivity index is 0.796. The van der Waals surface area contributed by atoms with Crippen LogP contribution in [0.1, 0.15) is 18.1 Å². The van der Waals surface area contributed by atoms with E-state index in [0.29, 0.717) is 12.3 Å². The van der Waals surface area contributed by atoms with E-state index in [2.05, 4.69) is 61.7 Å². The molecule has 2 N–H and O–H groups in total. The van der Waals surface area contributed by atoms with Gasteiger partial charge in [-0.1, -0.05) is 37.3 Å². The zero-order valence-corrected chi connectivity index (χ0v) is 31.3. The van der Waals surface area contributed by atoms with Gasteiger partial charge in [-0.2, -0.15) is 5.10 Å². The van der Waals surface area contributed by atoms with Crippen molar-refractivity contribution in [3.63, 3.8) is 0 Å². The molecule has 0 radical (unpaired) electrons. The van der Waals surface area contributed by atoms with Crippen molar-refractivity contribution >= 4 is 23.1 Å². The molecule has 3 aliphatic heterocycles. The van der Waals surface area contributed by atoms with Crippen LogP contribution in [0.5, 0.6) is 5.75 Å². The molecule has 14 heteroatoms. The molecule has 0 bridgehead atoms. The Morgan fingerprint density at radius 3 is 2.30 bits per heavy atom. The number of piperazine rings is 1. The number of rotatable bonds is 14. The molecule has 56 heavy (non-hydrogen) atoms. The van der Waals surface area contributed by atoms with Gasteiger partial charge in [0.05, 0.1) is 12.6 Å². The third-order valence-corrected chi connectivity index (χ3v) is 10.7. The number of hydrogen-bond acceptors (Lipinski definition) is 9. The van der Waals surface area contributed by atoms with Crippen LogP contribution in [-0.4, -0.2) is 85.4 Å². The molecule has 0 saturated carbocycles. The van der Waals surface area contributed by atoms with Crippen LogP contribution in [0.4, 0.5) is 30.6 Å². The Morgan fingerprint density at radius 2 is 1.62 bits per heavy atom. The van der Waals surface area contributed by atoms with Crippen molar-refractivity contribution in [3.05, 3.63) is 132 Å². The smallest absolute Gasteiger partial charge is 0.322 e. The highest BCUT2D eigenvalue weighted by Gasteiger charge is 2.46. The topological polar surface area (TPSA) is 109 Å². The number of aromatic nitrogens is 3. The van der Waals surface area contributed by atoms with Gasteiger partial charge in [0.1, 0.15) is 49.3 Å². The third-order valence-electron chi connectivity index (χ3n) is 10.7. The molecule has 0 spiro atoms. The zero-order valence-electron chi connectivity index (χ0n) is 31.3. The average molecular weight is 765 g/mol. The molecule has 4 atom stereocenters. The number of hydrogen-bond donors (Lipinski definition) is 2. The van der Waals surface area contributed by atoms with Crippen LogP contribution in [0.25, 0.3) is 0 Å². The van der Waals surface area contributed by atoms with Gasteiger partial charge in [0.15, 0.2) is 0 Å². The van der Waals surface area contributed by atoms with Crippen LogP contribution in [0.2, 0.25) is 0 Å². The number of halogens is 2. The number of carbonyl (C=O) groups is 1. The zero-order chi connectivity index (χ0) is 38.5. The average Bonchev–Trinajstić information content (AvgIpc) is 3.99. The summed E-state index contributed by atoms with van der Waals surface area (Å²) in [6.07, 6.45) is 2.35. The molecule has 5 aromatic rings. The lowest BCUT2D eigenvalue weighted by Gasteiger charge is -2.37. The Morgan fingerprint density at radius 1 is 0.929 bits per heavy atom. The predicted molar refractivity (Wildman–Crippen MR) is 209 cm³/mol. The van der Waals surface area contributed by atoms with Gasteiger partial charge < -0.3 is 34.6 Å². The summed E-state index contributed by atoms with van der Waals surface area (Å²) >= 11 is 0. The van der Waals surface area contributed by atoms with E-state index in [1.807, 2.05) is 59.5 Å². The minimum Gasteiger partial charge on any atom is -0.491 e. The molecule has 1 aromatic heterocycles. The monoisotopic (exact) mass is 764 g/mol. The van der Waals surface area contributed by atoms with Crippen LogP contribution >= 0.6 is 0 Å². The molecule has 2 amide bonds. The fourth-order valence-electron chi connectivity index (χ4n) is 7.58. The van der Waals surface area contributed by atoms with E-state index >= 15 is 0 Å². The van der Waals surface area contributed by atoms with E-state index in [1.54, 1.807) is 0 Å². The summed E-state index contributed by atoms with van der Waals surface area (Å²) in [7, 11) is 0. The first-order chi connectivity index (χ1) is 27.3. The molecule has 4 aromatic carbocycles. The minimum absolute atomic E-state index is 0.0329. The molecule has 8 rings (SSSR count). The summed E-state index contributed by atoms with van der Waals surface area (Å²) in [5, 5.41) is 10.8. The number of carbonyl (C=O) groups excluding carboxylic acids is 1. The summed E-state index contributed by atoms with van der Waals surface area (Å²) in [5.74, 6) is -2.01.